The average molecular weight is 396 g/mol. The summed E-state index contributed by atoms with van der Waals surface area (Å²) in [6, 6.07) is 10.4. The summed E-state index contributed by atoms with van der Waals surface area (Å²) >= 11 is 0. The van der Waals surface area contributed by atoms with Crippen molar-refractivity contribution >= 4 is 23.0 Å². The van der Waals surface area contributed by atoms with E-state index in [1.54, 1.807) is 54.1 Å². The van der Waals surface area contributed by atoms with Crippen LogP contribution in [0, 0.1) is 0 Å². The van der Waals surface area contributed by atoms with Crippen LogP contribution < -0.4 is 20.1 Å². The summed E-state index contributed by atoms with van der Waals surface area (Å²) in [7, 11) is 3.06. The molecule has 0 aliphatic heterocycles. The van der Waals surface area contributed by atoms with Crippen molar-refractivity contribution < 1.29 is 19.1 Å². The monoisotopic (exact) mass is 396 g/mol. The van der Waals surface area contributed by atoms with Gasteiger partial charge in [-0.15, -0.1) is 0 Å². The van der Waals surface area contributed by atoms with E-state index in [0.29, 0.717) is 29.2 Å². The number of imidazole rings is 1. The Morgan fingerprint density at radius 3 is 2.66 bits per heavy atom. The van der Waals surface area contributed by atoms with Crippen LogP contribution in [0.1, 0.15) is 40.9 Å². The lowest BCUT2D eigenvalue weighted by molar-refractivity contribution is 0.0942. The lowest BCUT2D eigenvalue weighted by Crippen LogP contribution is -2.26. The highest BCUT2D eigenvalue weighted by molar-refractivity contribution is 6.09. The van der Waals surface area contributed by atoms with Gasteiger partial charge in [-0.05, 0) is 30.7 Å². The summed E-state index contributed by atoms with van der Waals surface area (Å²) < 4.78 is 12.1. The van der Waals surface area contributed by atoms with Gasteiger partial charge in [-0.2, -0.15) is 0 Å². The Morgan fingerprint density at radius 1 is 1.10 bits per heavy atom. The predicted molar refractivity (Wildman–Crippen MR) is 110 cm³/mol. The number of carbonyl (C=O) groups is 2. The van der Waals surface area contributed by atoms with Crippen molar-refractivity contribution in [2.75, 3.05) is 26.1 Å². The normalized spacial score (nSPS) is 10.6. The van der Waals surface area contributed by atoms with E-state index in [9.17, 15) is 9.59 Å². The molecule has 0 saturated heterocycles. The van der Waals surface area contributed by atoms with E-state index in [-0.39, 0.29) is 17.4 Å². The van der Waals surface area contributed by atoms with E-state index < -0.39 is 5.91 Å². The van der Waals surface area contributed by atoms with Gasteiger partial charge in [-0.25, -0.2) is 4.98 Å². The number of methoxy groups -OCH3 is 2. The van der Waals surface area contributed by atoms with Gasteiger partial charge in [-0.1, -0.05) is 19.4 Å². The smallest absolute Gasteiger partial charge is 0.287 e. The van der Waals surface area contributed by atoms with Crippen LogP contribution in [0.15, 0.2) is 42.6 Å². The summed E-state index contributed by atoms with van der Waals surface area (Å²) in [5, 5.41) is 5.63. The average Bonchev–Trinajstić information content (AvgIpc) is 3.13. The van der Waals surface area contributed by atoms with E-state index in [0.717, 1.165) is 12.8 Å². The van der Waals surface area contributed by atoms with Crippen molar-refractivity contribution in [2.45, 2.75) is 19.8 Å². The SMILES string of the molecule is CCCCNC(=O)c1nc(C(=O)Nc2cc(OC)ccc2OC)c2ccccn12. The Labute approximate surface area is 168 Å². The van der Waals surface area contributed by atoms with Gasteiger partial charge in [0.1, 0.15) is 11.5 Å². The summed E-state index contributed by atoms with van der Waals surface area (Å²) in [4.78, 5) is 29.9. The fourth-order valence-corrected chi connectivity index (χ4v) is 2.92. The number of hydrogen-bond acceptors (Lipinski definition) is 5. The molecule has 0 unspecified atom stereocenters. The number of nitrogens with zero attached hydrogens (tertiary/aromatic N) is 2. The molecular weight excluding hydrogens is 372 g/mol. The van der Waals surface area contributed by atoms with Gasteiger partial charge in [0, 0.05) is 18.8 Å². The lowest BCUT2D eigenvalue weighted by Gasteiger charge is -2.11. The fraction of sp³-hybridized carbons (Fsp3) is 0.286. The number of hydrogen-bond donors (Lipinski definition) is 2. The third-order valence-electron chi connectivity index (χ3n) is 4.44. The van der Waals surface area contributed by atoms with Crippen LogP contribution in [0.4, 0.5) is 5.69 Å². The first-order valence-corrected chi connectivity index (χ1v) is 9.37. The van der Waals surface area contributed by atoms with Crippen LogP contribution >= 0.6 is 0 Å². The van der Waals surface area contributed by atoms with Crippen molar-refractivity contribution in [3.63, 3.8) is 0 Å². The molecule has 3 aromatic rings. The zero-order chi connectivity index (χ0) is 20.8. The van der Waals surface area contributed by atoms with Crippen molar-refractivity contribution in [2.24, 2.45) is 0 Å². The van der Waals surface area contributed by atoms with E-state index in [2.05, 4.69) is 15.6 Å². The van der Waals surface area contributed by atoms with E-state index in [1.807, 2.05) is 6.92 Å². The van der Waals surface area contributed by atoms with Gasteiger partial charge in [0.05, 0.1) is 25.4 Å². The molecule has 0 radical (unpaired) electrons. The first-order valence-electron chi connectivity index (χ1n) is 9.37. The number of benzene rings is 1. The van der Waals surface area contributed by atoms with Gasteiger partial charge in [0.2, 0.25) is 5.82 Å². The summed E-state index contributed by atoms with van der Waals surface area (Å²) in [5.74, 6) is 0.456. The number of pyridine rings is 1. The first kappa shape index (κ1) is 20.2. The summed E-state index contributed by atoms with van der Waals surface area (Å²) in [6.45, 7) is 2.60. The standard InChI is InChI=1S/C21H24N4O4/c1-4-5-11-22-21(27)19-24-18(16-8-6-7-12-25(16)19)20(26)23-15-13-14(28-2)9-10-17(15)29-3/h6-10,12-13H,4-5,11H2,1-3H3,(H,22,27)(H,23,26). The van der Waals surface area contributed by atoms with Crippen molar-refractivity contribution in [1.82, 2.24) is 14.7 Å². The van der Waals surface area contributed by atoms with Crippen LogP contribution in [-0.2, 0) is 0 Å². The van der Waals surface area contributed by atoms with Gasteiger partial charge in [-0.3, -0.25) is 14.0 Å². The molecule has 0 atom stereocenters. The van der Waals surface area contributed by atoms with Crippen LogP contribution in [0.25, 0.3) is 5.52 Å². The number of unbranched alkanes of at least 4 members (excludes halogenated alkanes) is 1. The molecule has 0 fully saturated rings. The second kappa shape index (κ2) is 9.09. The third-order valence-corrected chi connectivity index (χ3v) is 4.44. The minimum Gasteiger partial charge on any atom is -0.497 e. The molecule has 0 saturated carbocycles. The molecule has 0 aliphatic carbocycles. The number of nitrogens with one attached hydrogen (secondary N) is 2. The fourth-order valence-electron chi connectivity index (χ4n) is 2.92. The number of carbonyl (C=O) groups excluding carboxylic acids is 2. The Kier molecular flexibility index (Phi) is 6.33. The molecule has 0 spiro atoms. The number of fused-ring (bicyclic) bond motifs is 1. The second-order valence-corrected chi connectivity index (χ2v) is 6.37. The van der Waals surface area contributed by atoms with Crippen LogP contribution in [0.5, 0.6) is 11.5 Å². The lowest BCUT2D eigenvalue weighted by atomic mass is 10.2. The highest BCUT2D eigenvalue weighted by atomic mass is 16.5. The van der Waals surface area contributed by atoms with Crippen LogP contribution in [0.2, 0.25) is 0 Å². The first-order chi connectivity index (χ1) is 14.1. The molecular formula is C21H24N4O4. The van der Waals surface area contributed by atoms with Crippen LogP contribution in [-0.4, -0.2) is 42.0 Å². The predicted octanol–water partition coefficient (Wildman–Crippen LogP) is 3.13. The van der Waals surface area contributed by atoms with Crippen LogP contribution in [0.3, 0.4) is 0 Å². The third kappa shape index (κ3) is 4.31. The van der Waals surface area contributed by atoms with Gasteiger partial charge in [0.15, 0.2) is 5.69 Å². The molecule has 2 heterocycles. The maximum atomic E-state index is 13.0. The topological polar surface area (TPSA) is 94.0 Å². The Hall–Kier alpha value is -3.55. The Morgan fingerprint density at radius 2 is 1.93 bits per heavy atom. The van der Waals surface area contributed by atoms with Crippen molar-refractivity contribution in [1.29, 1.82) is 0 Å². The van der Waals surface area contributed by atoms with E-state index >= 15 is 0 Å². The second-order valence-electron chi connectivity index (χ2n) is 6.37. The minimum absolute atomic E-state index is 0.149. The molecule has 8 nitrogen and oxygen atoms in total. The molecule has 29 heavy (non-hydrogen) atoms. The highest BCUT2D eigenvalue weighted by Crippen LogP contribution is 2.29. The van der Waals surface area contributed by atoms with E-state index in [1.165, 1.54) is 7.11 Å². The number of amides is 2. The number of rotatable bonds is 8. The maximum Gasteiger partial charge on any atom is 0.287 e. The molecule has 2 amide bonds. The molecule has 8 heteroatoms. The zero-order valence-electron chi connectivity index (χ0n) is 16.7. The van der Waals surface area contributed by atoms with E-state index in [4.69, 9.17) is 9.47 Å². The molecule has 2 N–H and O–H groups in total. The van der Waals surface area contributed by atoms with Gasteiger partial charge in [0.25, 0.3) is 11.8 Å². The van der Waals surface area contributed by atoms with Gasteiger partial charge < -0.3 is 20.1 Å². The highest BCUT2D eigenvalue weighted by Gasteiger charge is 2.22. The molecule has 2 aromatic heterocycles. The van der Waals surface area contributed by atoms with Crippen molar-refractivity contribution in [3.8, 4) is 11.5 Å². The largest absolute Gasteiger partial charge is 0.497 e. The van der Waals surface area contributed by atoms with Gasteiger partial charge >= 0.3 is 0 Å². The molecule has 0 aliphatic rings. The molecule has 0 bridgehead atoms. The van der Waals surface area contributed by atoms with Crippen molar-refractivity contribution in [3.05, 3.63) is 54.1 Å². The zero-order valence-corrected chi connectivity index (χ0v) is 16.7. The Bertz CT molecular complexity index is 1030. The summed E-state index contributed by atoms with van der Waals surface area (Å²) in [5.41, 5.74) is 1.13. The minimum atomic E-state index is -0.451. The number of anilines is 1. The molecule has 3 rings (SSSR count). The quantitative estimate of drug-likeness (QED) is 0.571. The number of ether oxygens (including phenoxy) is 2. The Balaban J connectivity index is 1.94. The molecule has 1 aromatic carbocycles. The summed E-state index contributed by atoms with van der Waals surface area (Å²) in [6.07, 6.45) is 3.55. The maximum absolute atomic E-state index is 13.0. The molecule has 152 valence electrons. The number of aromatic nitrogens is 2.